The predicted molar refractivity (Wildman–Crippen MR) is 78.5 cm³/mol. The molecule has 1 amide bonds. The van der Waals surface area contributed by atoms with Gasteiger partial charge in [-0.1, -0.05) is 12.1 Å². The quantitative estimate of drug-likeness (QED) is 0.808. The van der Waals surface area contributed by atoms with Gasteiger partial charge < -0.3 is 15.3 Å². The number of aliphatic hydroxyl groups excluding tert-OH is 1. The summed E-state index contributed by atoms with van der Waals surface area (Å²) in [6, 6.07) is 7.81. The molecule has 1 fully saturated rings. The molecule has 1 aliphatic heterocycles. The Morgan fingerprint density at radius 1 is 1.53 bits per heavy atom. The normalized spacial score (nSPS) is 19.6. The molecule has 1 atom stereocenters. The number of benzene rings is 1. The molecule has 0 radical (unpaired) electrons. The number of amides is 1. The van der Waals surface area contributed by atoms with Gasteiger partial charge >= 0.3 is 0 Å². The molecule has 0 bridgehead atoms. The number of β-amino-alcohol motifs (C(OH)–C–C–N with tert-alkyl or cyclic N) is 1. The van der Waals surface area contributed by atoms with Crippen molar-refractivity contribution in [2.45, 2.75) is 23.8 Å². The van der Waals surface area contributed by atoms with Gasteiger partial charge in [-0.25, -0.2) is 0 Å². The van der Waals surface area contributed by atoms with Gasteiger partial charge in [0.15, 0.2) is 0 Å². The van der Waals surface area contributed by atoms with Crippen molar-refractivity contribution in [1.29, 1.82) is 0 Å². The minimum atomic E-state index is -0.222. The molecule has 19 heavy (non-hydrogen) atoms. The van der Waals surface area contributed by atoms with E-state index in [2.05, 4.69) is 10.2 Å². The molecule has 104 valence electrons. The zero-order chi connectivity index (χ0) is 13.7. The first kappa shape index (κ1) is 14.4. The monoisotopic (exact) mass is 280 g/mol. The highest BCUT2D eigenvalue weighted by Gasteiger charge is 2.20. The number of thioether (sulfide) groups is 1. The standard InChI is InChI=1S/C14H20N2O2S/c1-19-13-5-3-2-4-12(13)15-14(18)7-9-16-8-6-11(17)10-16/h2-5,11,17H,6-10H2,1H3,(H,15,18)/t11-/m0/s1. The van der Waals surface area contributed by atoms with Crippen LogP contribution in [0.15, 0.2) is 29.2 Å². The van der Waals surface area contributed by atoms with Crippen LogP contribution >= 0.6 is 11.8 Å². The van der Waals surface area contributed by atoms with Gasteiger partial charge in [0.1, 0.15) is 0 Å². The Hall–Kier alpha value is -1.04. The molecule has 1 aromatic carbocycles. The summed E-state index contributed by atoms with van der Waals surface area (Å²) >= 11 is 1.62. The molecule has 2 rings (SSSR count). The summed E-state index contributed by atoms with van der Waals surface area (Å²) in [5.41, 5.74) is 0.876. The van der Waals surface area contributed by atoms with Crippen molar-refractivity contribution < 1.29 is 9.90 Å². The number of para-hydroxylation sites is 1. The van der Waals surface area contributed by atoms with E-state index in [-0.39, 0.29) is 12.0 Å². The van der Waals surface area contributed by atoms with E-state index in [4.69, 9.17) is 0 Å². The van der Waals surface area contributed by atoms with Crippen molar-refractivity contribution in [3.63, 3.8) is 0 Å². The summed E-state index contributed by atoms with van der Waals surface area (Å²) in [5, 5.41) is 12.4. The Morgan fingerprint density at radius 2 is 2.32 bits per heavy atom. The number of aliphatic hydroxyl groups is 1. The van der Waals surface area contributed by atoms with Crippen LogP contribution in [0.4, 0.5) is 5.69 Å². The topological polar surface area (TPSA) is 52.6 Å². The van der Waals surface area contributed by atoms with E-state index in [9.17, 15) is 9.90 Å². The predicted octanol–water partition coefficient (Wildman–Crippen LogP) is 1.80. The van der Waals surface area contributed by atoms with E-state index in [0.717, 1.165) is 23.5 Å². The molecule has 0 aliphatic carbocycles. The molecule has 1 aliphatic rings. The third-order valence-corrected chi connectivity index (χ3v) is 4.08. The molecular weight excluding hydrogens is 260 g/mol. The van der Waals surface area contributed by atoms with Crippen molar-refractivity contribution >= 4 is 23.4 Å². The number of carbonyl (C=O) groups excluding carboxylic acids is 1. The molecule has 1 saturated heterocycles. The number of nitrogens with one attached hydrogen (secondary N) is 1. The van der Waals surface area contributed by atoms with E-state index < -0.39 is 0 Å². The van der Waals surface area contributed by atoms with Crippen LogP contribution in [0.25, 0.3) is 0 Å². The third kappa shape index (κ3) is 4.23. The fraction of sp³-hybridized carbons (Fsp3) is 0.500. The zero-order valence-electron chi connectivity index (χ0n) is 11.1. The number of likely N-dealkylation sites (tertiary alicyclic amines) is 1. The van der Waals surface area contributed by atoms with Crippen molar-refractivity contribution in [3.05, 3.63) is 24.3 Å². The Balaban J connectivity index is 1.81. The maximum atomic E-state index is 11.9. The van der Waals surface area contributed by atoms with E-state index in [1.54, 1.807) is 11.8 Å². The van der Waals surface area contributed by atoms with Gasteiger partial charge in [-0.3, -0.25) is 4.79 Å². The number of hydrogen-bond donors (Lipinski definition) is 2. The fourth-order valence-corrected chi connectivity index (χ4v) is 2.79. The molecule has 0 unspecified atom stereocenters. The molecule has 4 nitrogen and oxygen atoms in total. The van der Waals surface area contributed by atoms with Gasteiger partial charge in [0.2, 0.25) is 5.91 Å². The van der Waals surface area contributed by atoms with Crippen LogP contribution in [0.1, 0.15) is 12.8 Å². The third-order valence-electron chi connectivity index (χ3n) is 3.28. The summed E-state index contributed by atoms with van der Waals surface area (Å²) in [6.45, 7) is 2.29. The Kier molecular flexibility index (Phi) is 5.24. The van der Waals surface area contributed by atoms with Crippen LogP contribution in [0.5, 0.6) is 0 Å². The number of rotatable bonds is 5. The molecule has 1 heterocycles. The second-order valence-electron chi connectivity index (χ2n) is 4.74. The number of carbonyl (C=O) groups is 1. The lowest BCUT2D eigenvalue weighted by atomic mass is 10.3. The lowest BCUT2D eigenvalue weighted by molar-refractivity contribution is -0.116. The Morgan fingerprint density at radius 3 is 3.00 bits per heavy atom. The van der Waals surface area contributed by atoms with Gasteiger partial charge in [0.25, 0.3) is 0 Å². The first-order chi connectivity index (χ1) is 9.19. The van der Waals surface area contributed by atoms with Gasteiger partial charge in [0, 0.05) is 31.0 Å². The van der Waals surface area contributed by atoms with Gasteiger partial charge in [-0.2, -0.15) is 0 Å². The lowest BCUT2D eigenvalue weighted by Crippen LogP contribution is -2.26. The number of nitrogens with zero attached hydrogens (tertiary/aromatic N) is 1. The minimum absolute atomic E-state index is 0.0305. The highest BCUT2D eigenvalue weighted by molar-refractivity contribution is 7.98. The fourth-order valence-electron chi connectivity index (χ4n) is 2.24. The highest BCUT2D eigenvalue weighted by Crippen LogP contribution is 2.24. The van der Waals surface area contributed by atoms with E-state index in [0.29, 0.717) is 19.5 Å². The smallest absolute Gasteiger partial charge is 0.225 e. The highest BCUT2D eigenvalue weighted by atomic mass is 32.2. The Bertz CT molecular complexity index is 439. The van der Waals surface area contributed by atoms with Gasteiger partial charge in [-0.05, 0) is 24.8 Å². The van der Waals surface area contributed by atoms with Crippen LogP contribution in [0.3, 0.4) is 0 Å². The molecular formula is C14H20N2O2S. The average molecular weight is 280 g/mol. The first-order valence-corrected chi connectivity index (χ1v) is 7.75. The van der Waals surface area contributed by atoms with Crippen LogP contribution in [0, 0.1) is 0 Å². The van der Waals surface area contributed by atoms with Crippen LogP contribution < -0.4 is 5.32 Å². The van der Waals surface area contributed by atoms with Crippen LogP contribution in [-0.4, -0.2) is 47.9 Å². The van der Waals surface area contributed by atoms with Crippen molar-refractivity contribution in [2.24, 2.45) is 0 Å². The lowest BCUT2D eigenvalue weighted by Gasteiger charge is -2.15. The summed E-state index contributed by atoms with van der Waals surface area (Å²) in [6.07, 6.45) is 3.06. The van der Waals surface area contributed by atoms with Crippen LogP contribution in [-0.2, 0) is 4.79 Å². The largest absolute Gasteiger partial charge is 0.392 e. The first-order valence-electron chi connectivity index (χ1n) is 6.52. The van der Waals surface area contributed by atoms with Crippen molar-refractivity contribution in [3.8, 4) is 0 Å². The second kappa shape index (κ2) is 6.93. The Labute approximate surface area is 118 Å². The van der Waals surface area contributed by atoms with Crippen molar-refractivity contribution in [2.75, 3.05) is 31.2 Å². The summed E-state index contributed by atoms with van der Waals surface area (Å²) in [4.78, 5) is 15.1. The average Bonchev–Trinajstić information content (AvgIpc) is 2.83. The second-order valence-corrected chi connectivity index (χ2v) is 5.59. The number of hydrogen-bond acceptors (Lipinski definition) is 4. The molecule has 1 aromatic rings. The minimum Gasteiger partial charge on any atom is -0.392 e. The summed E-state index contributed by atoms with van der Waals surface area (Å²) < 4.78 is 0. The molecule has 2 N–H and O–H groups in total. The molecule has 5 heteroatoms. The maximum absolute atomic E-state index is 11.9. The molecule has 0 spiro atoms. The maximum Gasteiger partial charge on any atom is 0.225 e. The number of anilines is 1. The van der Waals surface area contributed by atoms with E-state index in [1.807, 2.05) is 30.5 Å². The molecule has 0 saturated carbocycles. The summed E-state index contributed by atoms with van der Waals surface area (Å²) in [7, 11) is 0. The van der Waals surface area contributed by atoms with E-state index in [1.165, 1.54) is 0 Å². The SMILES string of the molecule is CSc1ccccc1NC(=O)CCN1CC[C@H](O)C1. The molecule has 0 aromatic heterocycles. The van der Waals surface area contributed by atoms with Crippen LogP contribution in [0.2, 0.25) is 0 Å². The zero-order valence-corrected chi connectivity index (χ0v) is 11.9. The van der Waals surface area contributed by atoms with E-state index >= 15 is 0 Å². The van der Waals surface area contributed by atoms with Gasteiger partial charge in [0.05, 0.1) is 11.8 Å². The summed E-state index contributed by atoms with van der Waals surface area (Å²) in [5.74, 6) is 0.0305. The van der Waals surface area contributed by atoms with Gasteiger partial charge in [-0.15, -0.1) is 11.8 Å². The van der Waals surface area contributed by atoms with Crippen molar-refractivity contribution in [1.82, 2.24) is 4.90 Å².